The third kappa shape index (κ3) is 7.33. The predicted molar refractivity (Wildman–Crippen MR) is 158 cm³/mol. The number of nitrogens with zero attached hydrogens (tertiary/aromatic N) is 2. The second-order valence-corrected chi connectivity index (χ2v) is 12.2. The number of carbonyl (C=O) groups is 2. The van der Waals surface area contributed by atoms with Crippen LogP contribution < -0.4 is 9.62 Å². The molecular formula is C32H38FN3O4S. The van der Waals surface area contributed by atoms with Gasteiger partial charge in [0.1, 0.15) is 18.4 Å². The van der Waals surface area contributed by atoms with Crippen LogP contribution in [0.3, 0.4) is 0 Å². The second-order valence-electron chi connectivity index (χ2n) is 10.4. The molecule has 1 aliphatic rings. The molecule has 1 atom stereocenters. The Labute approximate surface area is 242 Å². The highest BCUT2D eigenvalue weighted by Crippen LogP contribution is 2.28. The van der Waals surface area contributed by atoms with E-state index < -0.39 is 34.3 Å². The highest BCUT2D eigenvalue weighted by Gasteiger charge is 2.35. The summed E-state index contributed by atoms with van der Waals surface area (Å²) in [6, 6.07) is 20.1. The van der Waals surface area contributed by atoms with Crippen molar-refractivity contribution < 1.29 is 22.4 Å². The molecule has 41 heavy (non-hydrogen) atoms. The van der Waals surface area contributed by atoms with Crippen LogP contribution in [0.4, 0.5) is 10.1 Å². The van der Waals surface area contributed by atoms with Crippen molar-refractivity contribution in [3.05, 3.63) is 95.8 Å². The maximum atomic E-state index is 14.2. The van der Waals surface area contributed by atoms with Crippen molar-refractivity contribution in [2.75, 3.05) is 10.8 Å². The first-order chi connectivity index (χ1) is 19.7. The first kappa shape index (κ1) is 30.2. The van der Waals surface area contributed by atoms with Crippen molar-refractivity contribution in [2.45, 2.75) is 75.9 Å². The standard InChI is InChI=1S/C32H38FN3O4S/c1-3-25-12-8-11-17-30(25)36(41(39,40)28-15-6-5-7-16-28)23-31(37)35(22-24-18-20-26(33)21-19-24)29(4-2)32(38)34-27-13-9-10-14-27/h5-8,11-12,15-21,27,29H,3-4,9-10,13-14,22-23H2,1-2H3,(H,34,38). The number of anilines is 1. The molecule has 2 amide bonds. The van der Waals surface area contributed by atoms with Crippen LogP contribution in [0.2, 0.25) is 0 Å². The fraction of sp³-hybridized carbons (Fsp3) is 0.375. The van der Waals surface area contributed by atoms with Crippen molar-refractivity contribution in [3.8, 4) is 0 Å². The summed E-state index contributed by atoms with van der Waals surface area (Å²) in [7, 11) is -4.13. The van der Waals surface area contributed by atoms with Crippen LogP contribution in [0.15, 0.2) is 83.8 Å². The van der Waals surface area contributed by atoms with Crippen LogP contribution in [-0.2, 0) is 32.6 Å². The van der Waals surface area contributed by atoms with Gasteiger partial charge in [0.25, 0.3) is 10.0 Å². The summed E-state index contributed by atoms with van der Waals surface area (Å²) in [6.45, 7) is 3.29. The van der Waals surface area contributed by atoms with E-state index in [1.54, 1.807) is 42.5 Å². The summed E-state index contributed by atoms with van der Waals surface area (Å²) in [5.41, 5.74) is 1.83. The van der Waals surface area contributed by atoms with Crippen molar-refractivity contribution in [1.29, 1.82) is 0 Å². The Balaban J connectivity index is 1.73. The molecule has 1 N–H and O–H groups in total. The lowest BCUT2D eigenvalue weighted by molar-refractivity contribution is -0.140. The number of hydrogen-bond donors (Lipinski definition) is 1. The molecule has 0 radical (unpaired) electrons. The average molecular weight is 580 g/mol. The van der Waals surface area contributed by atoms with Crippen LogP contribution in [0.25, 0.3) is 0 Å². The fourth-order valence-corrected chi connectivity index (χ4v) is 6.83. The maximum absolute atomic E-state index is 14.2. The number of amides is 2. The van der Waals surface area contributed by atoms with E-state index in [9.17, 15) is 22.4 Å². The molecule has 0 bridgehead atoms. The van der Waals surface area contributed by atoms with E-state index in [0.29, 0.717) is 24.1 Å². The summed E-state index contributed by atoms with van der Waals surface area (Å²) in [6.07, 6.45) is 4.77. The summed E-state index contributed by atoms with van der Waals surface area (Å²) in [5, 5.41) is 3.09. The number of sulfonamides is 1. The Morgan fingerprint density at radius 2 is 1.56 bits per heavy atom. The number of para-hydroxylation sites is 1. The lowest BCUT2D eigenvalue weighted by Gasteiger charge is -2.34. The zero-order valence-electron chi connectivity index (χ0n) is 23.6. The first-order valence-electron chi connectivity index (χ1n) is 14.2. The van der Waals surface area contributed by atoms with Crippen molar-refractivity contribution in [1.82, 2.24) is 10.2 Å². The molecule has 3 aromatic rings. The largest absolute Gasteiger partial charge is 0.352 e. The van der Waals surface area contributed by atoms with Gasteiger partial charge in [0.2, 0.25) is 11.8 Å². The van der Waals surface area contributed by atoms with E-state index in [1.807, 2.05) is 26.0 Å². The van der Waals surface area contributed by atoms with Gasteiger partial charge in [-0.05, 0) is 67.1 Å². The molecule has 0 aromatic heterocycles. The quantitative estimate of drug-likeness (QED) is 0.309. The minimum Gasteiger partial charge on any atom is -0.352 e. The number of nitrogens with one attached hydrogen (secondary N) is 1. The smallest absolute Gasteiger partial charge is 0.264 e. The van der Waals surface area contributed by atoms with E-state index >= 15 is 0 Å². The van der Waals surface area contributed by atoms with Crippen LogP contribution in [0.5, 0.6) is 0 Å². The topological polar surface area (TPSA) is 86.8 Å². The highest BCUT2D eigenvalue weighted by molar-refractivity contribution is 7.92. The van der Waals surface area contributed by atoms with Gasteiger partial charge in [-0.1, -0.05) is 75.2 Å². The molecule has 7 nitrogen and oxygen atoms in total. The lowest BCUT2D eigenvalue weighted by Crippen LogP contribution is -2.53. The SMILES string of the molecule is CCc1ccccc1N(CC(=O)N(Cc1ccc(F)cc1)C(CC)C(=O)NC1CCCC1)S(=O)(=O)c1ccccc1. The van der Waals surface area contributed by atoms with Gasteiger partial charge in [-0.25, -0.2) is 12.8 Å². The molecule has 4 rings (SSSR count). The summed E-state index contributed by atoms with van der Waals surface area (Å²) >= 11 is 0. The van der Waals surface area contributed by atoms with Crippen LogP contribution in [0.1, 0.15) is 57.1 Å². The highest BCUT2D eigenvalue weighted by atomic mass is 32.2. The Hall–Kier alpha value is -3.72. The Morgan fingerprint density at radius 1 is 0.927 bits per heavy atom. The van der Waals surface area contributed by atoms with E-state index in [2.05, 4.69) is 5.32 Å². The number of carbonyl (C=O) groups excluding carboxylic acids is 2. The van der Waals surface area contributed by atoms with Crippen LogP contribution >= 0.6 is 0 Å². The minimum atomic E-state index is -4.13. The van der Waals surface area contributed by atoms with Gasteiger partial charge < -0.3 is 10.2 Å². The third-order valence-corrected chi connectivity index (χ3v) is 9.38. The van der Waals surface area contributed by atoms with Crippen molar-refractivity contribution >= 4 is 27.5 Å². The van der Waals surface area contributed by atoms with E-state index in [0.717, 1.165) is 35.6 Å². The molecule has 1 fully saturated rings. The molecule has 3 aromatic carbocycles. The molecule has 218 valence electrons. The number of benzene rings is 3. The van der Waals surface area contributed by atoms with E-state index in [-0.39, 0.29) is 23.4 Å². The van der Waals surface area contributed by atoms with Crippen LogP contribution in [-0.4, -0.2) is 43.8 Å². The Bertz CT molecular complexity index is 1420. The fourth-order valence-electron chi connectivity index (χ4n) is 5.36. The van der Waals surface area contributed by atoms with Crippen molar-refractivity contribution in [2.24, 2.45) is 0 Å². The number of hydrogen-bond acceptors (Lipinski definition) is 4. The first-order valence-corrected chi connectivity index (χ1v) is 15.7. The summed E-state index contributed by atoms with van der Waals surface area (Å²) < 4.78 is 42.8. The van der Waals surface area contributed by atoms with Crippen molar-refractivity contribution in [3.63, 3.8) is 0 Å². The van der Waals surface area contributed by atoms with Gasteiger partial charge in [-0.3, -0.25) is 13.9 Å². The monoisotopic (exact) mass is 579 g/mol. The Kier molecular flexibility index (Phi) is 10.2. The second kappa shape index (κ2) is 13.8. The Morgan fingerprint density at radius 3 is 2.20 bits per heavy atom. The summed E-state index contributed by atoms with van der Waals surface area (Å²) in [4.78, 5) is 29.2. The molecule has 1 aliphatic carbocycles. The minimum absolute atomic E-state index is 0.0321. The molecule has 0 aliphatic heterocycles. The molecule has 0 saturated heterocycles. The number of rotatable bonds is 12. The lowest BCUT2D eigenvalue weighted by atomic mass is 10.1. The number of aryl methyl sites for hydroxylation is 1. The average Bonchev–Trinajstić information content (AvgIpc) is 3.50. The zero-order chi connectivity index (χ0) is 29.4. The summed E-state index contributed by atoms with van der Waals surface area (Å²) in [5.74, 6) is -1.19. The van der Waals surface area contributed by atoms with Gasteiger partial charge in [0, 0.05) is 12.6 Å². The predicted octanol–water partition coefficient (Wildman–Crippen LogP) is 5.45. The van der Waals surface area contributed by atoms with Gasteiger partial charge >= 0.3 is 0 Å². The molecule has 9 heteroatoms. The van der Waals surface area contributed by atoms with Crippen LogP contribution in [0, 0.1) is 5.82 Å². The molecule has 0 heterocycles. The number of halogens is 1. The van der Waals surface area contributed by atoms with E-state index in [4.69, 9.17) is 0 Å². The maximum Gasteiger partial charge on any atom is 0.264 e. The van der Waals surface area contributed by atoms with Gasteiger partial charge in [-0.2, -0.15) is 0 Å². The normalized spacial score (nSPS) is 14.4. The van der Waals surface area contributed by atoms with Gasteiger partial charge in [0.05, 0.1) is 10.6 Å². The molecular weight excluding hydrogens is 541 g/mol. The third-order valence-electron chi connectivity index (χ3n) is 7.60. The van der Waals surface area contributed by atoms with E-state index in [1.165, 1.54) is 29.2 Å². The van der Waals surface area contributed by atoms with Gasteiger partial charge in [-0.15, -0.1) is 0 Å². The molecule has 1 saturated carbocycles. The molecule has 1 unspecified atom stereocenters. The molecule has 0 spiro atoms. The van der Waals surface area contributed by atoms with Gasteiger partial charge in [0.15, 0.2) is 0 Å². The zero-order valence-corrected chi connectivity index (χ0v) is 24.4.